The number of benzene rings is 1. The SMILES string of the molecule is CCCN(C(=O)c1cc(Br)cc(S(=O)(=O)Cl)c1)C(C)C. The second kappa shape index (κ2) is 6.91. The van der Waals surface area contributed by atoms with E-state index in [1.165, 1.54) is 12.1 Å². The van der Waals surface area contributed by atoms with Crippen molar-refractivity contribution in [2.45, 2.75) is 38.1 Å². The van der Waals surface area contributed by atoms with Crippen LogP contribution < -0.4 is 0 Å². The fourth-order valence-electron chi connectivity index (χ4n) is 1.83. The molecule has 7 heteroatoms. The second-order valence-electron chi connectivity index (χ2n) is 4.71. The fourth-order valence-corrected chi connectivity index (χ4v) is 3.28. The molecule has 1 amide bonds. The summed E-state index contributed by atoms with van der Waals surface area (Å²) in [5.41, 5.74) is 0.306. The maximum Gasteiger partial charge on any atom is 0.261 e. The summed E-state index contributed by atoms with van der Waals surface area (Å²) < 4.78 is 23.3. The van der Waals surface area contributed by atoms with E-state index in [0.29, 0.717) is 16.6 Å². The Morgan fingerprint density at radius 1 is 1.35 bits per heavy atom. The largest absolute Gasteiger partial charge is 0.336 e. The lowest BCUT2D eigenvalue weighted by Gasteiger charge is -2.26. The predicted octanol–water partition coefficient (Wildman–Crippen LogP) is 3.64. The number of rotatable bonds is 5. The molecule has 112 valence electrons. The molecule has 0 aliphatic carbocycles. The summed E-state index contributed by atoms with van der Waals surface area (Å²) >= 11 is 3.21. The van der Waals surface area contributed by atoms with Crippen LogP contribution in [0, 0.1) is 0 Å². The van der Waals surface area contributed by atoms with Gasteiger partial charge in [-0.25, -0.2) is 8.42 Å². The van der Waals surface area contributed by atoms with E-state index in [4.69, 9.17) is 10.7 Å². The standard InChI is InChI=1S/C13H17BrClNO3S/c1-4-5-16(9(2)3)13(17)10-6-11(14)8-12(7-10)20(15,18)19/h6-9H,4-5H2,1-3H3. The number of nitrogens with zero attached hydrogens (tertiary/aromatic N) is 1. The van der Waals surface area contributed by atoms with E-state index in [-0.39, 0.29) is 16.8 Å². The number of hydrogen-bond donors (Lipinski definition) is 0. The molecule has 0 aliphatic rings. The zero-order valence-corrected chi connectivity index (χ0v) is 14.7. The minimum atomic E-state index is -3.87. The smallest absolute Gasteiger partial charge is 0.261 e. The van der Waals surface area contributed by atoms with E-state index in [1.54, 1.807) is 11.0 Å². The van der Waals surface area contributed by atoms with Crippen molar-refractivity contribution in [2.24, 2.45) is 0 Å². The van der Waals surface area contributed by atoms with Crippen molar-refractivity contribution in [2.75, 3.05) is 6.54 Å². The maximum absolute atomic E-state index is 12.5. The quantitative estimate of drug-likeness (QED) is 0.731. The summed E-state index contributed by atoms with van der Waals surface area (Å²) in [5.74, 6) is -0.204. The summed E-state index contributed by atoms with van der Waals surface area (Å²) in [6.07, 6.45) is 0.832. The topological polar surface area (TPSA) is 54.5 Å². The average Bonchev–Trinajstić information content (AvgIpc) is 2.33. The lowest BCUT2D eigenvalue weighted by Crippen LogP contribution is -2.37. The van der Waals surface area contributed by atoms with E-state index >= 15 is 0 Å². The van der Waals surface area contributed by atoms with Crippen LogP contribution in [0.1, 0.15) is 37.6 Å². The first-order chi connectivity index (χ1) is 9.16. The van der Waals surface area contributed by atoms with Gasteiger partial charge in [0.25, 0.3) is 15.0 Å². The fraction of sp³-hybridized carbons (Fsp3) is 0.462. The zero-order chi connectivity index (χ0) is 15.5. The normalized spacial score (nSPS) is 11.7. The number of hydrogen-bond acceptors (Lipinski definition) is 3. The van der Waals surface area contributed by atoms with Crippen molar-refractivity contribution in [1.29, 1.82) is 0 Å². The van der Waals surface area contributed by atoms with E-state index in [9.17, 15) is 13.2 Å². The second-order valence-corrected chi connectivity index (χ2v) is 8.19. The predicted molar refractivity (Wildman–Crippen MR) is 83.6 cm³/mol. The average molecular weight is 383 g/mol. The molecule has 0 unspecified atom stereocenters. The molecule has 4 nitrogen and oxygen atoms in total. The number of carbonyl (C=O) groups is 1. The van der Waals surface area contributed by atoms with Crippen molar-refractivity contribution in [1.82, 2.24) is 4.90 Å². The Morgan fingerprint density at radius 3 is 2.40 bits per heavy atom. The molecule has 0 saturated carbocycles. The van der Waals surface area contributed by atoms with Gasteiger partial charge in [0.05, 0.1) is 4.90 Å². The van der Waals surface area contributed by atoms with Crippen LogP contribution in [0.4, 0.5) is 0 Å². The van der Waals surface area contributed by atoms with Gasteiger partial charge in [-0.2, -0.15) is 0 Å². The molecule has 0 heterocycles. The summed E-state index contributed by atoms with van der Waals surface area (Å²) in [6, 6.07) is 4.32. The Bertz CT molecular complexity index is 602. The molecule has 1 rings (SSSR count). The number of halogens is 2. The molecule has 0 fully saturated rings. The van der Waals surface area contributed by atoms with E-state index < -0.39 is 9.05 Å². The first kappa shape index (κ1) is 17.5. The van der Waals surface area contributed by atoms with Gasteiger partial charge >= 0.3 is 0 Å². The lowest BCUT2D eigenvalue weighted by molar-refractivity contribution is 0.0705. The highest BCUT2D eigenvalue weighted by Gasteiger charge is 2.21. The van der Waals surface area contributed by atoms with Crippen LogP contribution in [0.3, 0.4) is 0 Å². The van der Waals surface area contributed by atoms with Crippen molar-refractivity contribution >= 4 is 41.6 Å². The summed E-state index contributed by atoms with van der Waals surface area (Å²) in [6.45, 7) is 6.44. The van der Waals surface area contributed by atoms with Crippen LogP contribution in [-0.4, -0.2) is 31.8 Å². The highest BCUT2D eigenvalue weighted by atomic mass is 79.9. The first-order valence-corrected chi connectivity index (χ1v) is 9.33. The molecule has 0 spiro atoms. The molecular formula is C13H17BrClNO3S. The Labute approximate surface area is 132 Å². The van der Waals surface area contributed by atoms with Crippen molar-refractivity contribution in [3.05, 3.63) is 28.2 Å². The zero-order valence-electron chi connectivity index (χ0n) is 11.6. The molecule has 1 aromatic rings. The monoisotopic (exact) mass is 381 g/mol. The summed E-state index contributed by atoms with van der Waals surface area (Å²) in [7, 11) is 1.47. The Kier molecular flexibility index (Phi) is 6.04. The molecule has 0 bridgehead atoms. The third-order valence-electron chi connectivity index (χ3n) is 2.75. The van der Waals surface area contributed by atoms with E-state index in [1.807, 2.05) is 20.8 Å². The lowest BCUT2D eigenvalue weighted by atomic mass is 10.1. The van der Waals surface area contributed by atoms with Gasteiger partial charge in [0.15, 0.2) is 0 Å². The van der Waals surface area contributed by atoms with Gasteiger partial charge in [0, 0.05) is 33.3 Å². The van der Waals surface area contributed by atoms with Gasteiger partial charge in [-0.1, -0.05) is 22.9 Å². The highest BCUT2D eigenvalue weighted by molar-refractivity contribution is 9.10. The number of amides is 1. The van der Waals surface area contributed by atoms with Crippen LogP contribution in [0.2, 0.25) is 0 Å². The number of carbonyl (C=O) groups excluding carboxylic acids is 1. The third kappa shape index (κ3) is 4.46. The first-order valence-electron chi connectivity index (χ1n) is 6.23. The van der Waals surface area contributed by atoms with Crippen LogP contribution in [-0.2, 0) is 9.05 Å². The minimum absolute atomic E-state index is 0.0393. The van der Waals surface area contributed by atoms with Crippen molar-refractivity contribution < 1.29 is 13.2 Å². The Hall–Kier alpha value is -0.590. The highest BCUT2D eigenvalue weighted by Crippen LogP contribution is 2.23. The molecule has 1 aromatic carbocycles. The van der Waals surface area contributed by atoms with Crippen molar-refractivity contribution in [3.63, 3.8) is 0 Å². The van der Waals surface area contributed by atoms with Gasteiger partial charge in [0.2, 0.25) is 0 Å². The van der Waals surface area contributed by atoms with Gasteiger partial charge in [-0.05, 0) is 38.5 Å². The van der Waals surface area contributed by atoms with Gasteiger partial charge in [0.1, 0.15) is 0 Å². The molecule has 0 saturated heterocycles. The molecule has 0 atom stereocenters. The molecule has 0 aliphatic heterocycles. The van der Waals surface area contributed by atoms with Crippen LogP contribution in [0.5, 0.6) is 0 Å². The van der Waals surface area contributed by atoms with Crippen molar-refractivity contribution in [3.8, 4) is 0 Å². The van der Waals surface area contributed by atoms with Gasteiger partial charge < -0.3 is 4.90 Å². The molecule has 20 heavy (non-hydrogen) atoms. The minimum Gasteiger partial charge on any atom is -0.336 e. The van der Waals surface area contributed by atoms with E-state index in [0.717, 1.165) is 6.42 Å². The molecule has 0 aromatic heterocycles. The molecule has 0 radical (unpaired) electrons. The Morgan fingerprint density at radius 2 is 1.95 bits per heavy atom. The van der Waals surface area contributed by atoms with E-state index in [2.05, 4.69) is 15.9 Å². The molecule has 0 N–H and O–H groups in total. The third-order valence-corrected chi connectivity index (χ3v) is 4.54. The van der Waals surface area contributed by atoms with Crippen LogP contribution in [0.15, 0.2) is 27.6 Å². The van der Waals surface area contributed by atoms with Crippen LogP contribution in [0.25, 0.3) is 0 Å². The summed E-state index contributed by atoms with van der Waals surface area (Å²) in [4.78, 5) is 14.1. The summed E-state index contributed by atoms with van der Waals surface area (Å²) in [5, 5.41) is 0. The van der Waals surface area contributed by atoms with Gasteiger partial charge in [-0.3, -0.25) is 4.79 Å². The maximum atomic E-state index is 12.5. The van der Waals surface area contributed by atoms with Crippen LogP contribution >= 0.6 is 26.6 Å². The Balaban J connectivity index is 3.25. The molecular weight excluding hydrogens is 366 g/mol. The van der Waals surface area contributed by atoms with Gasteiger partial charge in [-0.15, -0.1) is 0 Å².